The smallest absolute Gasteiger partial charge is 0.0829 e. The monoisotopic (exact) mass is 241 g/mol. The van der Waals surface area contributed by atoms with E-state index in [9.17, 15) is 0 Å². The van der Waals surface area contributed by atoms with E-state index in [1.54, 1.807) is 0 Å². The molecule has 1 unspecified atom stereocenters. The molecule has 1 saturated carbocycles. The predicted octanol–water partition coefficient (Wildman–Crippen LogP) is 0.376. The van der Waals surface area contributed by atoms with Gasteiger partial charge in [0.05, 0.1) is 12.7 Å². The number of likely N-dealkylation sites (N-methyl/N-ethyl adjacent to an activating group) is 2. The van der Waals surface area contributed by atoms with Gasteiger partial charge in [0.2, 0.25) is 0 Å². The van der Waals surface area contributed by atoms with Gasteiger partial charge in [0.15, 0.2) is 0 Å². The number of ether oxygens (including phenoxy) is 1. The maximum atomic E-state index is 5.83. The van der Waals surface area contributed by atoms with E-state index in [0.29, 0.717) is 12.1 Å². The molecule has 1 aliphatic heterocycles. The molecule has 1 heterocycles. The summed E-state index contributed by atoms with van der Waals surface area (Å²) in [5, 5.41) is 0. The Labute approximate surface area is 105 Å². The Morgan fingerprint density at radius 1 is 1.35 bits per heavy atom. The molecule has 0 radical (unpaired) electrons. The van der Waals surface area contributed by atoms with Crippen LogP contribution < -0.4 is 5.73 Å². The van der Waals surface area contributed by atoms with Crippen LogP contribution in [0.5, 0.6) is 0 Å². The number of morpholine rings is 1. The fourth-order valence-corrected chi connectivity index (χ4v) is 2.98. The van der Waals surface area contributed by atoms with Crippen LogP contribution in [-0.2, 0) is 4.74 Å². The molecule has 1 aliphatic carbocycles. The van der Waals surface area contributed by atoms with Crippen LogP contribution >= 0.6 is 0 Å². The maximum Gasteiger partial charge on any atom is 0.0829 e. The molecule has 2 rings (SSSR count). The van der Waals surface area contributed by atoms with Crippen LogP contribution in [0.4, 0.5) is 0 Å². The van der Waals surface area contributed by atoms with Gasteiger partial charge in [-0.3, -0.25) is 4.90 Å². The molecule has 0 aromatic heterocycles. The number of hydrogen-bond acceptors (Lipinski definition) is 4. The average Bonchev–Trinajstić information content (AvgIpc) is 2.27. The molecule has 0 aromatic carbocycles. The SMILES string of the molecule is CCN1CCOC(CN(C)CC2CC(N)C2)C1. The molecule has 2 N–H and O–H groups in total. The molecular formula is C13H27N3O. The van der Waals surface area contributed by atoms with Crippen LogP contribution in [0.2, 0.25) is 0 Å². The van der Waals surface area contributed by atoms with Crippen molar-refractivity contribution in [3.05, 3.63) is 0 Å². The fraction of sp³-hybridized carbons (Fsp3) is 1.00. The molecule has 0 amide bonds. The van der Waals surface area contributed by atoms with E-state index < -0.39 is 0 Å². The van der Waals surface area contributed by atoms with Gasteiger partial charge in [-0.15, -0.1) is 0 Å². The number of rotatable bonds is 5. The van der Waals surface area contributed by atoms with Gasteiger partial charge in [0.1, 0.15) is 0 Å². The third-order valence-corrected chi connectivity index (χ3v) is 4.03. The van der Waals surface area contributed by atoms with Gasteiger partial charge < -0.3 is 15.4 Å². The molecule has 0 bridgehead atoms. The van der Waals surface area contributed by atoms with Crippen molar-refractivity contribution in [3.8, 4) is 0 Å². The lowest BCUT2D eigenvalue weighted by atomic mass is 9.80. The minimum Gasteiger partial charge on any atom is -0.374 e. The molecule has 4 nitrogen and oxygen atoms in total. The summed E-state index contributed by atoms with van der Waals surface area (Å²) in [5.41, 5.74) is 5.82. The number of nitrogens with two attached hydrogens (primary N) is 1. The lowest BCUT2D eigenvalue weighted by Gasteiger charge is -2.38. The largest absolute Gasteiger partial charge is 0.374 e. The van der Waals surface area contributed by atoms with E-state index in [0.717, 1.165) is 38.7 Å². The standard InChI is InChI=1S/C13H27N3O/c1-3-16-4-5-17-13(10-16)9-15(2)8-11-6-12(14)7-11/h11-13H,3-10,14H2,1-2H3. The van der Waals surface area contributed by atoms with Gasteiger partial charge in [-0.05, 0) is 32.4 Å². The number of hydrogen-bond donors (Lipinski definition) is 1. The van der Waals surface area contributed by atoms with Crippen LogP contribution in [0.3, 0.4) is 0 Å². The molecule has 17 heavy (non-hydrogen) atoms. The van der Waals surface area contributed by atoms with Crippen molar-refractivity contribution in [2.75, 3.05) is 46.4 Å². The second-order valence-electron chi connectivity index (χ2n) is 5.70. The third kappa shape index (κ3) is 3.91. The molecule has 100 valence electrons. The lowest BCUT2D eigenvalue weighted by molar-refractivity contribution is -0.0414. The van der Waals surface area contributed by atoms with E-state index in [1.165, 1.54) is 19.4 Å². The lowest BCUT2D eigenvalue weighted by Crippen LogP contribution is -2.48. The highest BCUT2D eigenvalue weighted by atomic mass is 16.5. The molecular weight excluding hydrogens is 214 g/mol. The van der Waals surface area contributed by atoms with Crippen LogP contribution in [0.1, 0.15) is 19.8 Å². The van der Waals surface area contributed by atoms with Crippen molar-refractivity contribution in [1.29, 1.82) is 0 Å². The highest BCUT2D eigenvalue weighted by molar-refractivity contribution is 4.84. The molecule has 2 aliphatic rings. The Hall–Kier alpha value is -0.160. The third-order valence-electron chi connectivity index (χ3n) is 4.03. The Morgan fingerprint density at radius 3 is 2.76 bits per heavy atom. The predicted molar refractivity (Wildman–Crippen MR) is 70.1 cm³/mol. The van der Waals surface area contributed by atoms with Crippen LogP contribution in [0.15, 0.2) is 0 Å². The van der Waals surface area contributed by atoms with Crippen LogP contribution in [0, 0.1) is 5.92 Å². The Bertz CT molecular complexity index is 231. The zero-order valence-electron chi connectivity index (χ0n) is 11.3. The zero-order valence-corrected chi connectivity index (χ0v) is 11.3. The summed E-state index contributed by atoms with van der Waals surface area (Å²) in [6, 6.07) is 0.468. The van der Waals surface area contributed by atoms with E-state index in [1.807, 2.05) is 0 Å². The van der Waals surface area contributed by atoms with Crippen LogP contribution in [0.25, 0.3) is 0 Å². The highest BCUT2D eigenvalue weighted by Crippen LogP contribution is 2.26. The van der Waals surface area contributed by atoms with E-state index >= 15 is 0 Å². The Kier molecular flexibility index (Phi) is 4.79. The first kappa shape index (κ1) is 13.3. The first-order valence-electron chi connectivity index (χ1n) is 6.95. The molecule has 0 spiro atoms. The highest BCUT2D eigenvalue weighted by Gasteiger charge is 2.28. The minimum atomic E-state index is 0.391. The van der Waals surface area contributed by atoms with Gasteiger partial charge in [0.25, 0.3) is 0 Å². The summed E-state index contributed by atoms with van der Waals surface area (Å²) < 4.78 is 5.83. The van der Waals surface area contributed by atoms with Gasteiger partial charge in [-0.2, -0.15) is 0 Å². The van der Waals surface area contributed by atoms with Crippen molar-refractivity contribution in [3.63, 3.8) is 0 Å². The normalized spacial score (nSPS) is 34.9. The second-order valence-corrected chi connectivity index (χ2v) is 5.70. The summed E-state index contributed by atoms with van der Waals surface area (Å²) >= 11 is 0. The summed E-state index contributed by atoms with van der Waals surface area (Å²) in [6.45, 7) is 8.67. The Balaban J connectivity index is 1.65. The molecule has 1 saturated heterocycles. The zero-order chi connectivity index (χ0) is 12.3. The molecule has 1 atom stereocenters. The topological polar surface area (TPSA) is 41.7 Å². The average molecular weight is 241 g/mol. The molecule has 4 heteroatoms. The van der Waals surface area contributed by atoms with Gasteiger partial charge in [-0.1, -0.05) is 6.92 Å². The summed E-state index contributed by atoms with van der Waals surface area (Å²) in [6.07, 6.45) is 2.80. The van der Waals surface area contributed by atoms with Crippen molar-refractivity contribution in [2.24, 2.45) is 11.7 Å². The second kappa shape index (κ2) is 6.14. The first-order chi connectivity index (χ1) is 8.17. The van der Waals surface area contributed by atoms with Crippen molar-refractivity contribution >= 4 is 0 Å². The maximum absolute atomic E-state index is 5.83. The van der Waals surface area contributed by atoms with Crippen molar-refractivity contribution in [2.45, 2.75) is 31.9 Å². The molecule has 0 aromatic rings. The molecule has 2 fully saturated rings. The summed E-state index contributed by atoms with van der Waals surface area (Å²) in [5.74, 6) is 0.820. The van der Waals surface area contributed by atoms with Crippen molar-refractivity contribution < 1.29 is 4.74 Å². The minimum absolute atomic E-state index is 0.391. The van der Waals surface area contributed by atoms with E-state index in [-0.39, 0.29) is 0 Å². The summed E-state index contributed by atoms with van der Waals surface area (Å²) in [4.78, 5) is 4.89. The van der Waals surface area contributed by atoms with Gasteiger partial charge in [0, 0.05) is 32.2 Å². The Morgan fingerprint density at radius 2 is 2.12 bits per heavy atom. The van der Waals surface area contributed by atoms with Crippen LogP contribution in [-0.4, -0.2) is 68.3 Å². The van der Waals surface area contributed by atoms with Gasteiger partial charge in [-0.25, -0.2) is 0 Å². The summed E-state index contributed by atoms with van der Waals surface area (Å²) in [7, 11) is 2.21. The van der Waals surface area contributed by atoms with Gasteiger partial charge >= 0.3 is 0 Å². The first-order valence-corrected chi connectivity index (χ1v) is 6.95. The van der Waals surface area contributed by atoms with E-state index in [4.69, 9.17) is 10.5 Å². The van der Waals surface area contributed by atoms with E-state index in [2.05, 4.69) is 23.8 Å². The van der Waals surface area contributed by atoms with Crippen molar-refractivity contribution in [1.82, 2.24) is 9.80 Å². The quantitative estimate of drug-likeness (QED) is 0.755. The fourth-order valence-electron chi connectivity index (χ4n) is 2.98. The number of nitrogens with zero attached hydrogens (tertiary/aromatic N) is 2.